The Morgan fingerprint density at radius 2 is 1.87 bits per heavy atom. The number of hydrogen-bond acceptors (Lipinski definition) is 6. The molecule has 0 unspecified atom stereocenters. The lowest BCUT2D eigenvalue weighted by atomic mass is 10.2. The van der Waals surface area contributed by atoms with Gasteiger partial charge in [0.05, 0.1) is 12.0 Å². The molecule has 7 nitrogen and oxygen atoms in total. The maximum atomic E-state index is 12.3. The third-order valence-electron chi connectivity index (χ3n) is 4.38. The van der Waals surface area contributed by atoms with E-state index in [-0.39, 0.29) is 11.7 Å². The van der Waals surface area contributed by atoms with Crippen LogP contribution in [0.5, 0.6) is 0 Å². The van der Waals surface area contributed by atoms with Crippen molar-refractivity contribution in [1.82, 2.24) is 25.2 Å². The molecule has 0 spiro atoms. The lowest BCUT2D eigenvalue weighted by molar-refractivity contribution is -0.118. The van der Waals surface area contributed by atoms with Gasteiger partial charge in [-0.1, -0.05) is 59.8 Å². The van der Waals surface area contributed by atoms with Crippen LogP contribution in [0.15, 0.2) is 89.4 Å². The first kappa shape index (κ1) is 20.5. The fraction of sp³-hybridized carbons (Fsp3) is 0.0870. The van der Waals surface area contributed by atoms with Crippen LogP contribution in [-0.2, 0) is 4.79 Å². The van der Waals surface area contributed by atoms with E-state index in [1.165, 1.54) is 17.3 Å². The van der Waals surface area contributed by atoms with E-state index < -0.39 is 0 Å². The van der Waals surface area contributed by atoms with Crippen molar-refractivity contribution in [2.24, 2.45) is 5.10 Å². The zero-order valence-corrected chi connectivity index (χ0v) is 17.7. The molecule has 0 saturated carbocycles. The monoisotopic (exact) mass is 428 g/mol. The van der Waals surface area contributed by atoms with Gasteiger partial charge in [-0.15, -0.1) is 10.2 Å². The second-order valence-electron chi connectivity index (χ2n) is 6.71. The summed E-state index contributed by atoms with van der Waals surface area (Å²) in [6.07, 6.45) is 5.07. The predicted octanol–water partition coefficient (Wildman–Crippen LogP) is 3.88. The summed E-state index contributed by atoms with van der Waals surface area (Å²) in [6, 6.07) is 21.5. The van der Waals surface area contributed by atoms with E-state index in [1.54, 1.807) is 18.6 Å². The molecule has 31 heavy (non-hydrogen) atoms. The van der Waals surface area contributed by atoms with Gasteiger partial charge in [0.2, 0.25) is 0 Å². The number of rotatable bonds is 7. The number of hydrazone groups is 1. The van der Waals surface area contributed by atoms with Crippen LogP contribution >= 0.6 is 11.8 Å². The lowest BCUT2D eigenvalue weighted by Gasteiger charge is -2.09. The number of aryl methyl sites for hydroxylation is 1. The Hall–Kier alpha value is -3.78. The molecule has 2 aromatic heterocycles. The molecule has 1 N–H and O–H groups in total. The fourth-order valence-corrected chi connectivity index (χ4v) is 3.59. The number of thioether (sulfide) groups is 1. The number of benzene rings is 2. The summed E-state index contributed by atoms with van der Waals surface area (Å²) in [6.45, 7) is 2.02. The molecule has 0 fully saturated rings. The molecule has 4 aromatic rings. The summed E-state index contributed by atoms with van der Waals surface area (Å²) in [5.41, 5.74) is 6.40. The summed E-state index contributed by atoms with van der Waals surface area (Å²) in [7, 11) is 0. The molecule has 1 amide bonds. The van der Waals surface area contributed by atoms with E-state index in [1.807, 2.05) is 78.2 Å². The number of carbonyl (C=O) groups excluding carboxylic acids is 1. The van der Waals surface area contributed by atoms with Crippen LogP contribution in [0.3, 0.4) is 0 Å². The third-order valence-corrected chi connectivity index (χ3v) is 5.31. The standard InChI is InChI=1S/C23H20N6OS/c1-17-9-11-18(12-10-17)14-25-26-21(30)16-31-23-28-27-22(19-6-5-13-24-15-19)29(23)20-7-3-2-4-8-20/h2-15H,16H2,1H3,(H,26,30)/b25-14+. The maximum Gasteiger partial charge on any atom is 0.250 e. The minimum Gasteiger partial charge on any atom is -0.272 e. The van der Waals surface area contributed by atoms with Crippen LogP contribution in [0.25, 0.3) is 17.1 Å². The molecule has 0 aliphatic carbocycles. The van der Waals surface area contributed by atoms with E-state index in [9.17, 15) is 4.79 Å². The first-order chi connectivity index (χ1) is 15.2. The Kier molecular flexibility index (Phi) is 6.49. The SMILES string of the molecule is Cc1ccc(/C=N/NC(=O)CSc2nnc(-c3cccnc3)n2-c2ccccc2)cc1. The minimum absolute atomic E-state index is 0.156. The van der Waals surface area contributed by atoms with Gasteiger partial charge < -0.3 is 0 Å². The van der Waals surface area contributed by atoms with Gasteiger partial charge in [-0.2, -0.15) is 5.10 Å². The van der Waals surface area contributed by atoms with E-state index in [0.29, 0.717) is 11.0 Å². The Balaban J connectivity index is 1.47. The second kappa shape index (κ2) is 9.82. The Morgan fingerprint density at radius 1 is 1.06 bits per heavy atom. The van der Waals surface area contributed by atoms with Crippen molar-refractivity contribution in [2.45, 2.75) is 12.1 Å². The summed E-state index contributed by atoms with van der Waals surface area (Å²) < 4.78 is 1.92. The largest absolute Gasteiger partial charge is 0.272 e. The molecular formula is C23H20N6OS. The smallest absolute Gasteiger partial charge is 0.250 e. The van der Waals surface area contributed by atoms with Crippen molar-refractivity contribution in [3.63, 3.8) is 0 Å². The highest BCUT2D eigenvalue weighted by Gasteiger charge is 2.17. The molecule has 154 valence electrons. The lowest BCUT2D eigenvalue weighted by Crippen LogP contribution is -2.20. The van der Waals surface area contributed by atoms with Crippen molar-refractivity contribution in [3.05, 3.63) is 90.3 Å². The molecule has 0 aliphatic heterocycles. The average Bonchev–Trinajstić information content (AvgIpc) is 3.24. The van der Waals surface area contributed by atoms with Crippen LogP contribution in [0, 0.1) is 6.92 Å². The number of carbonyl (C=O) groups is 1. The predicted molar refractivity (Wildman–Crippen MR) is 122 cm³/mol. The third kappa shape index (κ3) is 5.23. The highest BCUT2D eigenvalue weighted by Crippen LogP contribution is 2.27. The number of nitrogens with one attached hydrogen (secondary N) is 1. The second-order valence-corrected chi connectivity index (χ2v) is 7.65. The van der Waals surface area contributed by atoms with Gasteiger partial charge in [-0.25, -0.2) is 5.43 Å². The minimum atomic E-state index is -0.223. The van der Waals surface area contributed by atoms with Gasteiger partial charge in [0, 0.05) is 23.6 Å². The van der Waals surface area contributed by atoms with Crippen molar-refractivity contribution < 1.29 is 4.79 Å². The molecule has 0 saturated heterocycles. The molecule has 8 heteroatoms. The van der Waals surface area contributed by atoms with Gasteiger partial charge in [0.15, 0.2) is 11.0 Å². The normalized spacial score (nSPS) is 11.0. The quantitative estimate of drug-likeness (QED) is 0.274. The van der Waals surface area contributed by atoms with Crippen LogP contribution in [0.2, 0.25) is 0 Å². The number of hydrogen-bond donors (Lipinski definition) is 1. The molecule has 0 bridgehead atoms. The van der Waals surface area contributed by atoms with Gasteiger partial charge >= 0.3 is 0 Å². The zero-order valence-electron chi connectivity index (χ0n) is 16.8. The van der Waals surface area contributed by atoms with E-state index >= 15 is 0 Å². The molecule has 0 aliphatic rings. The molecular weight excluding hydrogens is 408 g/mol. The van der Waals surface area contributed by atoms with Gasteiger partial charge in [0.1, 0.15) is 0 Å². The average molecular weight is 429 g/mol. The summed E-state index contributed by atoms with van der Waals surface area (Å²) in [5, 5.41) is 13.3. The molecule has 0 radical (unpaired) electrons. The van der Waals surface area contributed by atoms with Crippen molar-refractivity contribution in [1.29, 1.82) is 0 Å². The van der Waals surface area contributed by atoms with Crippen LogP contribution < -0.4 is 5.43 Å². The molecule has 2 aromatic carbocycles. The topological polar surface area (TPSA) is 85.1 Å². The Morgan fingerprint density at radius 3 is 2.61 bits per heavy atom. The molecule has 0 atom stereocenters. The summed E-state index contributed by atoms with van der Waals surface area (Å²) in [5.74, 6) is 0.599. The van der Waals surface area contributed by atoms with Crippen molar-refractivity contribution in [3.8, 4) is 17.1 Å². The van der Waals surface area contributed by atoms with Crippen LogP contribution in [-0.4, -0.2) is 37.6 Å². The summed E-state index contributed by atoms with van der Waals surface area (Å²) >= 11 is 1.30. The number of aromatic nitrogens is 4. The number of amides is 1. The highest BCUT2D eigenvalue weighted by molar-refractivity contribution is 7.99. The fourth-order valence-electron chi connectivity index (χ4n) is 2.85. The first-order valence-corrected chi connectivity index (χ1v) is 10.6. The van der Waals surface area contributed by atoms with Crippen LogP contribution in [0.1, 0.15) is 11.1 Å². The van der Waals surface area contributed by atoms with Crippen molar-refractivity contribution in [2.75, 3.05) is 5.75 Å². The first-order valence-electron chi connectivity index (χ1n) is 9.63. The Bertz CT molecular complexity index is 1170. The van der Waals surface area contributed by atoms with Gasteiger partial charge in [0.25, 0.3) is 5.91 Å². The van der Waals surface area contributed by atoms with Gasteiger partial charge in [-0.05, 0) is 36.8 Å². The zero-order chi connectivity index (χ0) is 21.5. The van der Waals surface area contributed by atoms with Crippen LogP contribution in [0.4, 0.5) is 0 Å². The van der Waals surface area contributed by atoms with Crippen molar-refractivity contribution >= 4 is 23.9 Å². The summed E-state index contributed by atoms with van der Waals surface area (Å²) in [4.78, 5) is 16.4. The maximum absolute atomic E-state index is 12.3. The number of pyridine rings is 1. The number of para-hydroxylation sites is 1. The van der Waals surface area contributed by atoms with Gasteiger partial charge in [-0.3, -0.25) is 14.3 Å². The van der Waals surface area contributed by atoms with E-state index in [2.05, 4.69) is 25.7 Å². The Labute approximate surface area is 184 Å². The highest BCUT2D eigenvalue weighted by atomic mass is 32.2. The molecule has 2 heterocycles. The van der Waals surface area contributed by atoms with E-state index in [4.69, 9.17) is 0 Å². The molecule has 4 rings (SSSR count). The van der Waals surface area contributed by atoms with E-state index in [0.717, 1.165) is 16.8 Å². The number of nitrogens with zero attached hydrogens (tertiary/aromatic N) is 5.